The van der Waals surface area contributed by atoms with Crippen LogP contribution in [0.25, 0.3) is 0 Å². The fraction of sp³-hybridized carbons (Fsp3) is 0.462. The minimum Gasteiger partial charge on any atom is -0.309 e. The first kappa shape index (κ1) is 10.4. The molecule has 0 aromatic heterocycles. The van der Waals surface area contributed by atoms with Gasteiger partial charge in [-0.2, -0.15) is 0 Å². The second kappa shape index (κ2) is 4.15. The highest BCUT2D eigenvalue weighted by molar-refractivity contribution is 5.75. The maximum absolute atomic E-state index is 10.7. The van der Waals surface area contributed by atoms with Crippen LogP contribution in [0.15, 0.2) is 18.2 Å². The number of aldehydes is 1. The van der Waals surface area contributed by atoms with E-state index in [1.165, 1.54) is 11.1 Å². The van der Waals surface area contributed by atoms with Gasteiger partial charge in [0.25, 0.3) is 0 Å². The summed E-state index contributed by atoms with van der Waals surface area (Å²) in [6.07, 6.45) is 1.95. The zero-order valence-corrected chi connectivity index (χ0v) is 9.29. The van der Waals surface area contributed by atoms with Crippen molar-refractivity contribution >= 4 is 6.29 Å². The monoisotopic (exact) mass is 203 g/mol. The highest BCUT2D eigenvalue weighted by Gasteiger charge is 2.22. The molecule has 2 heteroatoms. The third-order valence-corrected chi connectivity index (χ3v) is 3.06. The first-order valence-electron chi connectivity index (χ1n) is 5.53. The Labute approximate surface area is 90.7 Å². The van der Waals surface area contributed by atoms with Crippen molar-refractivity contribution in [3.05, 3.63) is 34.9 Å². The molecule has 1 atom stereocenters. The summed E-state index contributed by atoms with van der Waals surface area (Å²) in [7, 11) is 0. The lowest BCUT2D eigenvalue weighted by atomic mass is 9.87. The number of benzene rings is 1. The summed E-state index contributed by atoms with van der Waals surface area (Å²) in [5, 5.41) is 3.52. The van der Waals surface area contributed by atoms with Crippen LogP contribution in [0, 0.1) is 5.92 Å². The maximum atomic E-state index is 10.7. The lowest BCUT2D eigenvalue weighted by molar-refractivity contribution is 0.112. The topological polar surface area (TPSA) is 29.1 Å². The third kappa shape index (κ3) is 1.95. The van der Waals surface area contributed by atoms with Gasteiger partial charge in [0.15, 0.2) is 0 Å². The Morgan fingerprint density at radius 3 is 2.93 bits per heavy atom. The van der Waals surface area contributed by atoms with E-state index in [9.17, 15) is 4.79 Å². The van der Waals surface area contributed by atoms with Crippen LogP contribution in [0.4, 0.5) is 0 Å². The van der Waals surface area contributed by atoms with Crippen molar-refractivity contribution in [1.29, 1.82) is 0 Å². The fourth-order valence-electron chi connectivity index (χ4n) is 2.29. The van der Waals surface area contributed by atoms with Crippen LogP contribution < -0.4 is 5.32 Å². The van der Waals surface area contributed by atoms with Gasteiger partial charge in [0.1, 0.15) is 6.29 Å². The third-order valence-electron chi connectivity index (χ3n) is 3.06. The van der Waals surface area contributed by atoms with Crippen molar-refractivity contribution in [3.8, 4) is 0 Å². The van der Waals surface area contributed by atoms with Crippen LogP contribution in [-0.4, -0.2) is 12.8 Å². The van der Waals surface area contributed by atoms with E-state index >= 15 is 0 Å². The van der Waals surface area contributed by atoms with Crippen molar-refractivity contribution in [2.24, 2.45) is 5.92 Å². The molecule has 0 aliphatic carbocycles. The van der Waals surface area contributed by atoms with Crippen LogP contribution in [0.1, 0.15) is 41.4 Å². The summed E-state index contributed by atoms with van der Waals surface area (Å²) in [4.78, 5) is 10.7. The quantitative estimate of drug-likeness (QED) is 0.747. The van der Waals surface area contributed by atoms with Crippen molar-refractivity contribution in [2.45, 2.75) is 26.3 Å². The molecule has 2 nitrogen and oxygen atoms in total. The first-order valence-corrected chi connectivity index (χ1v) is 5.53. The molecule has 2 rings (SSSR count). The molecule has 0 saturated carbocycles. The molecule has 0 bridgehead atoms. The molecule has 0 saturated heterocycles. The molecule has 1 heterocycles. The summed E-state index contributed by atoms with van der Waals surface area (Å²) in [6.45, 7) is 5.46. The van der Waals surface area contributed by atoms with Crippen LogP contribution in [-0.2, 0) is 6.42 Å². The van der Waals surface area contributed by atoms with Gasteiger partial charge >= 0.3 is 0 Å². The molecule has 1 N–H and O–H groups in total. The minimum absolute atomic E-state index is 0.439. The zero-order valence-electron chi connectivity index (χ0n) is 9.29. The van der Waals surface area contributed by atoms with E-state index in [0.717, 1.165) is 24.8 Å². The summed E-state index contributed by atoms with van der Waals surface area (Å²) in [6, 6.07) is 6.47. The van der Waals surface area contributed by atoms with Gasteiger partial charge in [0, 0.05) is 11.6 Å². The summed E-state index contributed by atoms with van der Waals surface area (Å²) in [5.74, 6) is 0.589. The molecule has 1 aliphatic heterocycles. The first-order chi connectivity index (χ1) is 7.22. The maximum Gasteiger partial charge on any atom is 0.150 e. The number of rotatable bonds is 2. The number of carbonyl (C=O) groups is 1. The van der Waals surface area contributed by atoms with Gasteiger partial charge in [-0.05, 0) is 36.1 Å². The molecule has 1 aromatic rings. The Kier molecular flexibility index (Phi) is 2.87. The van der Waals surface area contributed by atoms with Gasteiger partial charge in [0.2, 0.25) is 0 Å². The Hall–Kier alpha value is -1.15. The van der Waals surface area contributed by atoms with Crippen molar-refractivity contribution in [3.63, 3.8) is 0 Å². The normalized spacial score (nSPS) is 20.1. The van der Waals surface area contributed by atoms with E-state index < -0.39 is 0 Å². The number of nitrogens with one attached hydrogen (secondary N) is 1. The fourth-order valence-corrected chi connectivity index (χ4v) is 2.29. The van der Waals surface area contributed by atoms with Gasteiger partial charge in [-0.3, -0.25) is 4.79 Å². The average molecular weight is 203 g/mol. The highest BCUT2D eigenvalue weighted by Crippen LogP contribution is 2.28. The van der Waals surface area contributed by atoms with E-state index in [2.05, 4.69) is 25.2 Å². The lowest BCUT2D eigenvalue weighted by Gasteiger charge is -2.30. The molecule has 80 valence electrons. The molecule has 1 unspecified atom stereocenters. The predicted molar refractivity (Wildman–Crippen MR) is 61.1 cm³/mol. The van der Waals surface area contributed by atoms with E-state index in [1.807, 2.05) is 12.1 Å². The summed E-state index contributed by atoms with van der Waals surface area (Å²) in [5.41, 5.74) is 3.48. The average Bonchev–Trinajstić information content (AvgIpc) is 2.27. The molecule has 0 fully saturated rings. The predicted octanol–water partition coefficient (Wildman–Crippen LogP) is 2.34. The Balaban J connectivity index is 2.40. The standard InChI is InChI=1S/C13H17NO/c1-9(2)13-12-4-3-10(8-15)7-11(12)5-6-14-13/h3-4,7-9,13-14H,5-6H2,1-2H3. The molecule has 15 heavy (non-hydrogen) atoms. The van der Waals surface area contributed by atoms with Gasteiger partial charge in [-0.15, -0.1) is 0 Å². The molecule has 0 radical (unpaired) electrons. The lowest BCUT2D eigenvalue weighted by Crippen LogP contribution is -2.33. The number of fused-ring (bicyclic) bond motifs is 1. The molecular weight excluding hydrogens is 186 g/mol. The van der Waals surface area contributed by atoms with Gasteiger partial charge in [-0.25, -0.2) is 0 Å². The highest BCUT2D eigenvalue weighted by atomic mass is 16.1. The van der Waals surface area contributed by atoms with E-state index in [4.69, 9.17) is 0 Å². The summed E-state index contributed by atoms with van der Waals surface area (Å²) >= 11 is 0. The minimum atomic E-state index is 0.439. The molecule has 0 amide bonds. The van der Waals surface area contributed by atoms with E-state index in [1.54, 1.807) is 0 Å². The van der Waals surface area contributed by atoms with Crippen molar-refractivity contribution < 1.29 is 4.79 Å². The van der Waals surface area contributed by atoms with E-state index in [0.29, 0.717) is 12.0 Å². The molecule has 0 spiro atoms. The Bertz CT molecular complexity index is 371. The number of hydrogen-bond acceptors (Lipinski definition) is 2. The van der Waals surface area contributed by atoms with Gasteiger partial charge in [-0.1, -0.05) is 26.0 Å². The molecular formula is C13H17NO. The van der Waals surface area contributed by atoms with Crippen LogP contribution in [0.5, 0.6) is 0 Å². The van der Waals surface area contributed by atoms with Crippen molar-refractivity contribution in [1.82, 2.24) is 5.32 Å². The largest absolute Gasteiger partial charge is 0.309 e. The molecule has 1 aliphatic rings. The van der Waals surface area contributed by atoms with Crippen LogP contribution >= 0.6 is 0 Å². The van der Waals surface area contributed by atoms with Gasteiger partial charge in [0.05, 0.1) is 0 Å². The number of carbonyl (C=O) groups excluding carboxylic acids is 1. The van der Waals surface area contributed by atoms with Crippen molar-refractivity contribution in [2.75, 3.05) is 6.54 Å². The smallest absolute Gasteiger partial charge is 0.150 e. The number of hydrogen-bond donors (Lipinski definition) is 1. The SMILES string of the molecule is CC(C)C1NCCc2cc(C=O)ccc21. The van der Waals surface area contributed by atoms with E-state index in [-0.39, 0.29) is 0 Å². The second-order valence-corrected chi connectivity index (χ2v) is 4.50. The van der Waals surface area contributed by atoms with Crippen LogP contribution in [0.3, 0.4) is 0 Å². The zero-order chi connectivity index (χ0) is 10.8. The Morgan fingerprint density at radius 2 is 2.27 bits per heavy atom. The van der Waals surface area contributed by atoms with Gasteiger partial charge < -0.3 is 5.32 Å². The second-order valence-electron chi connectivity index (χ2n) is 4.50. The molecule has 1 aromatic carbocycles. The summed E-state index contributed by atoms with van der Waals surface area (Å²) < 4.78 is 0. The van der Waals surface area contributed by atoms with Crippen LogP contribution in [0.2, 0.25) is 0 Å². The Morgan fingerprint density at radius 1 is 1.47 bits per heavy atom.